The molecule has 0 unspecified atom stereocenters. The Morgan fingerprint density at radius 2 is 1.96 bits per heavy atom. The second kappa shape index (κ2) is 4.83. The van der Waals surface area contributed by atoms with Gasteiger partial charge >= 0.3 is 6.18 Å². The number of nitrogens with zero attached hydrogens (tertiary/aromatic N) is 2. The zero-order chi connectivity index (χ0) is 17.1. The largest absolute Gasteiger partial charge is 0.433 e. The van der Waals surface area contributed by atoms with Crippen molar-refractivity contribution in [3.63, 3.8) is 0 Å². The van der Waals surface area contributed by atoms with Crippen molar-refractivity contribution in [1.82, 2.24) is 9.55 Å². The number of halogens is 3. The minimum Gasteiger partial charge on any atom is -0.326 e. The molecular weight excluding hydrogens is 319 g/mol. The molecule has 7 heteroatoms. The summed E-state index contributed by atoms with van der Waals surface area (Å²) in [5.74, 6) is -0.0891. The molecule has 0 radical (unpaired) electrons. The van der Waals surface area contributed by atoms with E-state index in [1.807, 2.05) is 13.0 Å². The van der Waals surface area contributed by atoms with Crippen molar-refractivity contribution in [2.24, 2.45) is 0 Å². The van der Waals surface area contributed by atoms with E-state index in [1.165, 1.54) is 6.07 Å². The Morgan fingerprint density at radius 1 is 1.17 bits per heavy atom. The number of hydrogen-bond acceptors (Lipinski definition) is 2. The van der Waals surface area contributed by atoms with Crippen molar-refractivity contribution in [1.29, 1.82) is 0 Å². The van der Waals surface area contributed by atoms with Gasteiger partial charge in [0.1, 0.15) is 11.3 Å². The summed E-state index contributed by atoms with van der Waals surface area (Å²) < 4.78 is 40.6. The number of aryl methyl sites for hydroxylation is 1. The third-order valence-corrected chi connectivity index (χ3v) is 4.10. The smallest absolute Gasteiger partial charge is 0.326 e. The highest BCUT2D eigenvalue weighted by Crippen LogP contribution is 2.32. The van der Waals surface area contributed by atoms with Crippen LogP contribution in [0, 0.1) is 6.92 Å². The van der Waals surface area contributed by atoms with Crippen LogP contribution in [0.4, 0.5) is 18.9 Å². The Bertz CT molecular complexity index is 989. The summed E-state index contributed by atoms with van der Waals surface area (Å²) in [6, 6.07) is 9.53. The summed E-state index contributed by atoms with van der Waals surface area (Å²) in [5, 5.41) is 3.37. The predicted octanol–water partition coefficient (Wildman–Crippen LogP) is 3.85. The number of benzene rings is 1. The Morgan fingerprint density at radius 3 is 2.71 bits per heavy atom. The molecular formula is C17H12F3N3O. The van der Waals surface area contributed by atoms with Crippen LogP contribution in [0.15, 0.2) is 36.4 Å². The van der Waals surface area contributed by atoms with E-state index in [1.54, 1.807) is 22.8 Å². The molecule has 0 atom stereocenters. The minimum atomic E-state index is -4.49. The van der Waals surface area contributed by atoms with Crippen molar-refractivity contribution in [3.8, 4) is 5.69 Å². The van der Waals surface area contributed by atoms with Gasteiger partial charge in [-0.25, -0.2) is 4.98 Å². The lowest BCUT2D eigenvalue weighted by molar-refractivity contribution is -0.141. The van der Waals surface area contributed by atoms with E-state index >= 15 is 0 Å². The van der Waals surface area contributed by atoms with Crippen molar-refractivity contribution >= 4 is 22.6 Å². The van der Waals surface area contributed by atoms with E-state index in [-0.39, 0.29) is 18.0 Å². The molecule has 4 nitrogen and oxygen atoms in total. The van der Waals surface area contributed by atoms with E-state index < -0.39 is 11.9 Å². The SMILES string of the molecule is Cc1cc2ccc(C(F)(F)F)nc2n1-c1ccc2c(c1)CC(=O)N2. The normalized spacial score (nSPS) is 14.1. The van der Waals surface area contributed by atoms with Crippen molar-refractivity contribution in [2.45, 2.75) is 19.5 Å². The molecule has 3 aromatic rings. The van der Waals surface area contributed by atoms with Crippen LogP contribution in [0.3, 0.4) is 0 Å². The van der Waals surface area contributed by atoms with Gasteiger partial charge in [0.25, 0.3) is 0 Å². The monoisotopic (exact) mass is 331 g/mol. The molecule has 0 saturated carbocycles. The molecule has 2 aromatic heterocycles. The summed E-state index contributed by atoms with van der Waals surface area (Å²) in [4.78, 5) is 15.3. The standard InChI is InChI=1S/C17H12F3N3O/c1-9-6-10-2-5-14(17(18,19)20)22-16(10)23(9)12-3-4-13-11(7-12)8-15(24)21-13/h2-7H,8H2,1H3,(H,21,24). The number of amides is 1. The highest BCUT2D eigenvalue weighted by atomic mass is 19.4. The summed E-state index contributed by atoms with van der Waals surface area (Å²) in [5.41, 5.74) is 2.35. The Hall–Kier alpha value is -2.83. The molecule has 1 aliphatic heterocycles. The first kappa shape index (κ1) is 14.7. The number of rotatable bonds is 1. The van der Waals surface area contributed by atoms with Crippen LogP contribution in [0.2, 0.25) is 0 Å². The number of carbonyl (C=O) groups is 1. The van der Waals surface area contributed by atoms with Gasteiger partial charge in [-0.1, -0.05) is 0 Å². The first-order valence-corrected chi connectivity index (χ1v) is 7.32. The third-order valence-electron chi connectivity index (χ3n) is 4.10. The number of pyridine rings is 1. The van der Waals surface area contributed by atoms with E-state index in [0.717, 1.165) is 23.0 Å². The second-order valence-electron chi connectivity index (χ2n) is 5.79. The third kappa shape index (κ3) is 2.24. The van der Waals surface area contributed by atoms with Crippen LogP contribution >= 0.6 is 0 Å². The first-order chi connectivity index (χ1) is 11.3. The molecule has 1 aromatic carbocycles. The average molecular weight is 331 g/mol. The predicted molar refractivity (Wildman–Crippen MR) is 83.1 cm³/mol. The van der Waals surface area contributed by atoms with Gasteiger partial charge in [0.2, 0.25) is 5.91 Å². The maximum atomic E-state index is 13.0. The number of carbonyl (C=O) groups excluding carboxylic acids is 1. The van der Waals surface area contributed by atoms with E-state index in [4.69, 9.17) is 0 Å². The van der Waals surface area contributed by atoms with Gasteiger partial charge in [0.15, 0.2) is 0 Å². The summed E-state index contributed by atoms with van der Waals surface area (Å²) in [6.45, 7) is 1.81. The van der Waals surface area contributed by atoms with Gasteiger partial charge in [0.05, 0.1) is 6.42 Å². The molecule has 4 rings (SSSR count). The van der Waals surface area contributed by atoms with E-state index in [0.29, 0.717) is 11.1 Å². The zero-order valence-corrected chi connectivity index (χ0v) is 12.6. The van der Waals surface area contributed by atoms with Crippen LogP contribution in [0.1, 0.15) is 17.0 Å². The molecule has 1 N–H and O–H groups in total. The fourth-order valence-electron chi connectivity index (χ4n) is 3.05. The van der Waals surface area contributed by atoms with Crippen LogP contribution < -0.4 is 5.32 Å². The number of aromatic nitrogens is 2. The van der Waals surface area contributed by atoms with Crippen molar-refractivity contribution in [2.75, 3.05) is 5.32 Å². The summed E-state index contributed by atoms with van der Waals surface area (Å²) in [6.07, 6.45) is -4.23. The Labute approximate surface area is 134 Å². The molecule has 0 spiro atoms. The van der Waals surface area contributed by atoms with Gasteiger partial charge in [0, 0.05) is 22.5 Å². The number of anilines is 1. The quantitative estimate of drug-likeness (QED) is 0.736. The van der Waals surface area contributed by atoms with Gasteiger partial charge in [-0.2, -0.15) is 13.2 Å². The fourth-order valence-corrected chi connectivity index (χ4v) is 3.05. The fraction of sp³-hybridized carbons (Fsp3) is 0.176. The molecule has 1 amide bonds. The highest BCUT2D eigenvalue weighted by Gasteiger charge is 2.33. The number of nitrogens with one attached hydrogen (secondary N) is 1. The number of alkyl halides is 3. The van der Waals surface area contributed by atoms with Crippen molar-refractivity contribution < 1.29 is 18.0 Å². The summed E-state index contributed by atoms with van der Waals surface area (Å²) in [7, 11) is 0. The number of hydrogen-bond donors (Lipinski definition) is 1. The molecule has 0 fully saturated rings. The molecule has 3 heterocycles. The molecule has 24 heavy (non-hydrogen) atoms. The maximum absolute atomic E-state index is 13.0. The van der Waals surface area contributed by atoms with Crippen molar-refractivity contribution in [3.05, 3.63) is 53.3 Å². The van der Waals surface area contributed by atoms with Gasteiger partial charge < -0.3 is 5.32 Å². The van der Waals surface area contributed by atoms with Crippen LogP contribution in [-0.4, -0.2) is 15.5 Å². The van der Waals surface area contributed by atoms with E-state index in [2.05, 4.69) is 10.3 Å². The Kier molecular flexibility index (Phi) is 2.97. The molecule has 0 saturated heterocycles. The van der Waals surface area contributed by atoms with Gasteiger partial charge in [-0.05, 0) is 48.9 Å². The lowest BCUT2D eigenvalue weighted by Gasteiger charge is -2.11. The van der Waals surface area contributed by atoms with E-state index in [9.17, 15) is 18.0 Å². The Balaban J connectivity index is 1.92. The maximum Gasteiger partial charge on any atom is 0.433 e. The summed E-state index contributed by atoms with van der Waals surface area (Å²) >= 11 is 0. The molecule has 122 valence electrons. The van der Waals surface area contributed by atoms with Gasteiger partial charge in [-0.3, -0.25) is 9.36 Å². The lowest BCUT2D eigenvalue weighted by atomic mass is 10.1. The van der Waals surface area contributed by atoms with Gasteiger partial charge in [-0.15, -0.1) is 0 Å². The highest BCUT2D eigenvalue weighted by molar-refractivity contribution is 5.99. The zero-order valence-electron chi connectivity index (χ0n) is 12.6. The van der Waals surface area contributed by atoms with Crippen LogP contribution in [0.5, 0.6) is 0 Å². The minimum absolute atomic E-state index is 0.0891. The average Bonchev–Trinajstić information content (AvgIpc) is 3.02. The lowest BCUT2D eigenvalue weighted by Crippen LogP contribution is -2.08. The topological polar surface area (TPSA) is 46.9 Å². The molecule has 0 bridgehead atoms. The molecule has 0 aliphatic carbocycles. The molecule has 1 aliphatic rings. The van der Waals surface area contributed by atoms with Crippen LogP contribution in [0.25, 0.3) is 16.7 Å². The first-order valence-electron chi connectivity index (χ1n) is 7.32. The van der Waals surface area contributed by atoms with Crippen LogP contribution in [-0.2, 0) is 17.4 Å². The second-order valence-corrected chi connectivity index (χ2v) is 5.79. The number of fused-ring (bicyclic) bond motifs is 2.